The van der Waals surface area contributed by atoms with Crippen molar-refractivity contribution in [2.45, 2.75) is 5.41 Å². The standard InChI is InChI=1S/C58H35N5/c1-3-15-36(16-4-1)55-61-56(37-17-5-2-6-18-37)63-57(62-55)41-32-39(31-40(33-41)54-48-35-59-30-29-42(48)46-22-10-14-26-53(46)60-54)38-27-28-52-47(34-38)45-21-9-13-25-51(45)58(52)49-23-11-7-19-43(49)44-20-8-12-24-50(44)58/h1-35H. The molecule has 3 heterocycles. The van der Waals surface area contributed by atoms with Gasteiger partial charge in [-0.05, 0) is 97.4 Å². The first-order valence-electron chi connectivity index (χ1n) is 21.3. The van der Waals surface area contributed by atoms with Crippen LogP contribution in [0.3, 0.4) is 0 Å². The van der Waals surface area contributed by atoms with Crippen molar-refractivity contribution in [3.8, 4) is 78.8 Å². The predicted molar refractivity (Wildman–Crippen MR) is 254 cm³/mol. The molecule has 0 saturated carbocycles. The summed E-state index contributed by atoms with van der Waals surface area (Å²) in [6.07, 6.45) is 3.79. The van der Waals surface area contributed by atoms with Crippen molar-refractivity contribution in [2.75, 3.05) is 0 Å². The maximum absolute atomic E-state index is 5.36. The van der Waals surface area contributed by atoms with Crippen LogP contribution in [-0.4, -0.2) is 24.9 Å². The Morgan fingerprint density at radius 2 is 0.810 bits per heavy atom. The van der Waals surface area contributed by atoms with Gasteiger partial charge in [0.1, 0.15) is 0 Å². The average molecular weight is 802 g/mol. The fraction of sp³-hybridized carbons (Fsp3) is 0.0172. The van der Waals surface area contributed by atoms with Gasteiger partial charge in [0.2, 0.25) is 0 Å². The normalized spacial score (nSPS) is 12.9. The van der Waals surface area contributed by atoms with Crippen molar-refractivity contribution in [2.24, 2.45) is 0 Å². The van der Waals surface area contributed by atoms with Gasteiger partial charge < -0.3 is 0 Å². The van der Waals surface area contributed by atoms with E-state index in [2.05, 4.69) is 138 Å². The summed E-state index contributed by atoms with van der Waals surface area (Å²) < 4.78 is 0. The average Bonchev–Trinajstić information content (AvgIpc) is 3.83. The summed E-state index contributed by atoms with van der Waals surface area (Å²) in [7, 11) is 0. The molecule has 2 aliphatic rings. The maximum Gasteiger partial charge on any atom is 0.164 e. The molecule has 0 unspecified atom stereocenters. The molecule has 0 amide bonds. The van der Waals surface area contributed by atoms with Gasteiger partial charge in [0, 0.05) is 45.4 Å². The van der Waals surface area contributed by atoms with Gasteiger partial charge in [-0.2, -0.15) is 0 Å². The Morgan fingerprint density at radius 1 is 0.302 bits per heavy atom. The molecule has 0 fully saturated rings. The van der Waals surface area contributed by atoms with Gasteiger partial charge in [-0.3, -0.25) is 4.98 Å². The lowest BCUT2D eigenvalue weighted by molar-refractivity contribution is 0.794. The van der Waals surface area contributed by atoms with E-state index in [1.807, 2.05) is 79.1 Å². The number of rotatable bonds is 5. The van der Waals surface area contributed by atoms with E-state index in [0.29, 0.717) is 17.5 Å². The number of hydrogen-bond donors (Lipinski definition) is 0. The minimum Gasteiger partial charge on any atom is -0.264 e. The molecule has 0 aliphatic heterocycles. The molecule has 0 saturated heterocycles. The molecule has 0 bridgehead atoms. The van der Waals surface area contributed by atoms with E-state index in [-0.39, 0.29) is 0 Å². The van der Waals surface area contributed by atoms with Crippen molar-refractivity contribution in [3.63, 3.8) is 0 Å². The highest BCUT2D eigenvalue weighted by atomic mass is 15.0. The zero-order valence-corrected chi connectivity index (χ0v) is 33.9. The molecule has 63 heavy (non-hydrogen) atoms. The van der Waals surface area contributed by atoms with Gasteiger partial charge in [-0.1, -0.05) is 164 Å². The van der Waals surface area contributed by atoms with E-state index >= 15 is 0 Å². The summed E-state index contributed by atoms with van der Waals surface area (Å²) in [4.78, 5) is 25.4. The van der Waals surface area contributed by atoms with E-state index < -0.39 is 5.41 Å². The third-order valence-electron chi connectivity index (χ3n) is 13.0. The molecule has 5 nitrogen and oxygen atoms in total. The van der Waals surface area contributed by atoms with Crippen LogP contribution in [-0.2, 0) is 5.41 Å². The lowest BCUT2D eigenvalue weighted by Gasteiger charge is -2.30. The summed E-state index contributed by atoms with van der Waals surface area (Å²) in [6, 6.07) is 71.3. The Bertz CT molecular complexity index is 3530. The second kappa shape index (κ2) is 13.8. The van der Waals surface area contributed by atoms with Gasteiger partial charge >= 0.3 is 0 Å². The van der Waals surface area contributed by atoms with Crippen molar-refractivity contribution in [1.29, 1.82) is 0 Å². The Labute approximate surface area is 364 Å². The zero-order valence-electron chi connectivity index (χ0n) is 33.9. The molecule has 8 aromatic carbocycles. The molecule has 292 valence electrons. The Balaban J connectivity index is 1.07. The fourth-order valence-electron chi connectivity index (χ4n) is 10.3. The van der Waals surface area contributed by atoms with Gasteiger partial charge in [-0.25, -0.2) is 19.9 Å². The molecular formula is C58H35N5. The second-order valence-corrected chi connectivity index (χ2v) is 16.4. The second-order valence-electron chi connectivity index (χ2n) is 16.4. The lowest BCUT2D eigenvalue weighted by atomic mass is 9.70. The van der Waals surface area contributed by atoms with Crippen LogP contribution in [0.1, 0.15) is 22.3 Å². The smallest absolute Gasteiger partial charge is 0.164 e. The molecular weight excluding hydrogens is 767 g/mol. The minimum atomic E-state index is -0.419. The molecule has 5 heteroatoms. The van der Waals surface area contributed by atoms with E-state index in [9.17, 15) is 0 Å². The summed E-state index contributed by atoms with van der Waals surface area (Å²) in [5, 5.41) is 3.18. The lowest BCUT2D eigenvalue weighted by Crippen LogP contribution is -2.25. The first kappa shape index (κ1) is 35.4. The van der Waals surface area contributed by atoms with Crippen LogP contribution in [0.2, 0.25) is 0 Å². The van der Waals surface area contributed by atoms with Crippen molar-refractivity contribution < 1.29 is 0 Å². The molecule has 0 atom stereocenters. The van der Waals surface area contributed by atoms with Crippen LogP contribution in [0.4, 0.5) is 0 Å². The number of nitrogens with zero attached hydrogens (tertiary/aromatic N) is 5. The molecule has 2 aliphatic carbocycles. The number of hydrogen-bond acceptors (Lipinski definition) is 5. The topological polar surface area (TPSA) is 64.5 Å². The van der Waals surface area contributed by atoms with Crippen molar-refractivity contribution in [3.05, 3.63) is 235 Å². The van der Waals surface area contributed by atoms with Gasteiger partial charge in [0.25, 0.3) is 0 Å². The SMILES string of the molecule is c1ccc(-c2nc(-c3ccccc3)nc(-c3cc(-c4ccc5c(c4)-c4ccccc4C54c5ccccc5-c5ccccc54)cc(-c4nc5ccccc5c5ccncc45)c3)n2)cc1. The van der Waals surface area contributed by atoms with Crippen LogP contribution in [0.5, 0.6) is 0 Å². The van der Waals surface area contributed by atoms with E-state index in [1.165, 1.54) is 44.5 Å². The number of benzene rings is 8. The molecule has 11 aromatic rings. The Kier molecular flexibility index (Phi) is 7.75. The fourth-order valence-corrected chi connectivity index (χ4v) is 10.3. The quantitative estimate of drug-likeness (QED) is 0.162. The Morgan fingerprint density at radius 3 is 1.46 bits per heavy atom. The predicted octanol–water partition coefficient (Wildman–Crippen LogP) is 13.6. The number of aromatic nitrogens is 5. The number of para-hydroxylation sites is 1. The maximum atomic E-state index is 5.36. The summed E-state index contributed by atoms with van der Waals surface area (Å²) in [5.41, 5.74) is 17.5. The van der Waals surface area contributed by atoms with Gasteiger partial charge in [-0.15, -0.1) is 0 Å². The Hall–Kier alpha value is -8.41. The third-order valence-corrected chi connectivity index (χ3v) is 13.0. The molecule has 13 rings (SSSR count). The molecule has 3 aromatic heterocycles. The highest BCUT2D eigenvalue weighted by Gasteiger charge is 2.51. The molecule has 0 N–H and O–H groups in total. The van der Waals surface area contributed by atoms with Crippen LogP contribution in [0.25, 0.3) is 100 Å². The van der Waals surface area contributed by atoms with Crippen LogP contribution < -0.4 is 0 Å². The zero-order chi connectivity index (χ0) is 41.5. The van der Waals surface area contributed by atoms with Crippen LogP contribution in [0.15, 0.2) is 213 Å². The molecule has 1 spiro atoms. The monoisotopic (exact) mass is 801 g/mol. The van der Waals surface area contributed by atoms with Crippen molar-refractivity contribution in [1.82, 2.24) is 24.9 Å². The van der Waals surface area contributed by atoms with Gasteiger partial charge in [0.05, 0.1) is 16.6 Å². The van der Waals surface area contributed by atoms with E-state index in [1.54, 1.807) is 0 Å². The first-order valence-corrected chi connectivity index (χ1v) is 21.3. The largest absolute Gasteiger partial charge is 0.264 e. The van der Waals surface area contributed by atoms with E-state index in [4.69, 9.17) is 19.9 Å². The van der Waals surface area contributed by atoms with E-state index in [0.717, 1.165) is 60.8 Å². The van der Waals surface area contributed by atoms with Crippen LogP contribution in [0, 0.1) is 0 Å². The van der Waals surface area contributed by atoms with Crippen LogP contribution >= 0.6 is 0 Å². The van der Waals surface area contributed by atoms with Crippen molar-refractivity contribution >= 4 is 21.7 Å². The van der Waals surface area contributed by atoms with Gasteiger partial charge in [0.15, 0.2) is 17.5 Å². The highest BCUT2D eigenvalue weighted by molar-refractivity contribution is 6.11. The number of pyridine rings is 2. The number of fused-ring (bicyclic) bond motifs is 13. The summed E-state index contributed by atoms with van der Waals surface area (Å²) >= 11 is 0. The summed E-state index contributed by atoms with van der Waals surface area (Å²) in [5.74, 6) is 1.81. The first-order chi connectivity index (χ1) is 31.2. The minimum absolute atomic E-state index is 0.419. The highest BCUT2D eigenvalue weighted by Crippen LogP contribution is 2.63. The molecule has 0 radical (unpaired) electrons. The third kappa shape index (κ3) is 5.33. The summed E-state index contributed by atoms with van der Waals surface area (Å²) in [6.45, 7) is 0.